The van der Waals surface area contributed by atoms with E-state index in [1.54, 1.807) is 12.1 Å². The van der Waals surface area contributed by atoms with Gasteiger partial charge < -0.3 is 15.1 Å². The molecule has 164 valence electrons. The monoisotopic (exact) mass is 432 g/mol. The summed E-state index contributed by atoms with van der Waals surface area (Å²) in [5.74, 6) is -1.02. The van der Waals surface area contributed by atoms with E-state index in [1.165, 1.54) is 18.2 Å². The van der Waals surface area contributed by atoms with Crippen LogP contribution in [0.5, 0.6) is 0 Å². The molecule has 1 aliphatic heterocycles. The number of ketones is 1. The second kappa shape index (κ2) is 9.50. The molecule has 31 heavy (non-hydrogen) atoms. The molecule has 2 aromatic carbocycles. The number of hydrogen-bond donors (Lipinski definition) is 2. The molecule has 1 saturated heterocycles. The number of carbonyl (C=O) groups excluding carboxylic acids is 1. The van der Waals surface area contributed by atoms with Gasteiger partial charge in [0.05, 0.1) is 18.3 Å². The van der Waals surface area contributed by atoms with Crippen LogP contribution in [-0.2, 0) is 4.79 Å². The normalized spacial score (nSPS) is 16.2. The smallest absolute Gasteiger partial charge is 0.394 e. The highest BCUT2D eigenvalue weighted by molar-refractivity contribution is 6.07. The van der Waals surface area contributed by atoms with Gasteiger partial charge in [-0.3, -0.25) is 4.79 Å². The number of carbonyl (C=O) groups is 1. The molecule has 1 fully saturated rings. The third-order valence-corrected chi connectivity index (χ3v) is 5.42. The summed E-state index contributed by atoms with van der Waals surface area (Å²) in [5, 5.41) is 28.9. The van der Waals surface area contributed by atoms with Crippen LogP contribution in [0.4, 0.5) is 18.9 Å². The van der Waals surface area contributed by atoms with Crippen molar-refractivity contribution in [1.82, 2.24) is 0 Å². The molecule has 1 aliphatic rings. The summed E-state index contributed by atoms with van der Waals surface area (Å²) in [4.78, 5) is 14.6. The van der Waals surface area contributed by atoms with E-state index in [9.17, 15) is 28.3 Å². The molecule has 2 N–H and O–H groups in total. The molecule has 0 aromatic heterocycles. The summed E-state index contributed by atoms with van der Waals surface area (Å²) >= 11 is 0. The Morgan fingerprint density at radius 3 is 2.39 bits per heavy atom. The molecule has 0 aliphatic carbocycles. The summed E-state index contributed by atoms with van der Waals surface area (Å²) in [7, 11) is 0. The lowest BCUT2D eigenvalue weighted by Crippen LogP contribution is -2.19. The highest BCUT2D eigenvalue weighted by Crippen LogP contribution is 2.38. The average molecular weight is 432 g/mol. The molecule has 8 heteroatoms. The van der Waals surface area contributed by atoms with Gasteiger partial charge in [-0.2, -0.15) is 18.4 Å². The Morgan fingerprint density at radius 2 is 1.77 bits per heavy atom. The van der Waals surface area contributed by atoms with Crippen LogP contribution < -0.4 is 4.90 Å². The van der Waals surface area contributed by atoms with Crippen molar-refractivity contribution >= 4 is 27.8 Å². The topological polar surface area (TPSA) is 84.6 Å². The number of hydrogen-bond acceptors (Lipinski definition) is 5. The standard InChI is InChI=1S/C23H23F3N2O3/c24-23(25,26)22(20(13-27)21(31)8-7-19(30)14-29)17-4-3-16-12-18(6-5-15(16)11-17)28-9-1-2-10-28/h3-6,11-12,19,29-30H,1-2,7-10,14H2/b22-20-. The Bertz CT molecular complexity index is 1030. The van der Waals surface area contributed by atoms with Crippen LogP contribution in [0.2, 0.25) is 0 Å². The minimum Gasteiger partial charge on any atom is -0.394 e. The molecular formula is C23H23F3N2O3. The van der Waals surface area contributed by atoms with Gasteiger partial charge in [0.25, 0.3) is 0 Å². The minimum absolute atomic E-state index is 0.233. The van der Waals surface area contributed by atoms with E-state index in [-0.39, 0.29) is 12.0 Å². The molecule has 0 bridgehead atoms. The highest BCUT2D eigenvalue weighted by atomic mass is 19.4. The second-order valence-electron chi connectivity index (χ2n) is 7.60. The third-order valence-electron chi connectivity index (χ3n) is 5.42. The predicted octanol–water partition coefficient (Wildman–Crippen LogP) is 3.98. The molecule has 0 radical (unpaired) electrons. The number of halogens is 3. The summed E-state index contributed by atoms with van der Waals surface area (Å²) in [6.45, 7) is 1.28. The quantitative estimate of drug-likeness (QED) is 0.511. The molecule has 0 spiro atoms. The minimum atomic E-state index is -4.92. The lowest BCUT2D eigenvalue weighted by Gasteiger charge is -2.19. The van der Waals surface area contributed by atoms with Crippen molar-refractivity contribution in [2.24, 2.45) is 0 Å². The maximum absolute atomic E-state index is 13.9. The van der Waals surface area contributed by atoms with Crippen molar-refractivity contribution in [3.8, 4) is 6.07 Å². The summed E-state index contributed by atoms with van der Waals surface area (Å²) in [5.41, 5.74) is -1.53. The Kier molecular flexibility index (Phi) is 6.98. The number of alkyl halides is 3. The van der Waals surface area contributed by atoms with Crippen molar-refractivity contribution in [2.45, 2.75) is 38.0 Å². The maximum Gasteiger partial charge on any atom is 0.418 e. The van der Waals surface area contributed by atoms with Crippen molar-refractivity contribution < 1.29 is 28.2 Å². The Morgan fingerprint density at radius 1 is 1.13 bits per heavy atom. The van der Waals surface area contributed by atoms with Gasteiger partial charge in [0, 0.05) is 25.2 Å². The predicted molar refractivity (Wildman–Crippen MR) is 111 cm³/mol. The summed E-state index contributed by atoms with van der Waals surface area (Å²) < 4.78 is 41.6. The summed E-state index contributed by atoms with van der Waals surface area (Å²) in [6.07, 6.45) is -4.64. The largest absolute Gasteiger partial charge is 0.418 e. The number of aliphatic hydroxyl groups is 2. The maximum atomic E-state index is 13.9. The van der Waals surface area contributed by atoms with Crippen LogP contribution in [0.25, 0.3) is 16.3 Å². The molecule has 1 heterocycles. The number of rotatable bonds is 7. The Balaban J connectivity index is 2.01. The molecule has 3 rings (SSSR count). The number of nitriles is 1. The first kappa shape index (κ1) is 22.8. The van der Waals surface area contributed by atoms with Crippen LogP contribution in [0.1, 0.15) is 31.2 Å². The van der Waals surface area contributed by atoms with Crippen LogP contribution in [0, 0.1) is 11.3 Å². The SMILES string of the molecule is N#C/C(C(=O)CCC(O)CO)=C(\c1ccc2cc(N3CCCC3)ccc2c1)C(F)(F)F. The number of anilines is 1. The number of fused-ring (bicyclic) bond motifs is 1. The molecule has 2 aromatic rings. The number of nitrogens with zero attached hydrogens (tertiary/aromatic N) is 2. The zero-order valence-corrected chi connectivity index (χ0v) is 16.8. The zero-order chi connectivity index (χ0) is 22.6. The third kappa shape index (κ3) is 5.24. The van der Waals surface area contributed by atoms with Crippen molar-refractivity contribution in [1.29, 1.82) is 5.26 Å². The van der Waals surface area contributed by atoms with Gasteiger partial charge in [-0.1, -0.05) is 18.2 Å². The molecule has 5 nitrogen and oxygen atoms in total. The van der Waals surface area contributed by atoms with E-state index in [0.29, 0.717) is 5.39 Å². The van der Waals surface area contributed by atoms with Gasteiger partial charge >= 0.3 is 6.18 Å². The van der Waals surface area contributed by atoms with Gasteiger partial charge in [-0.15, -0.1) is 0 Å². The van der Waals surface area contributed by atoms with E-state index in [4.69, 9.17) is 5.11 Å². The Hall–Kier alpha value is -2.89. The van der Waals surface area contributed by atoms with Crippen LogP contribution >= 0.6 is 0 Å². The second-order valence-corrected chi connectivity index (χ2v) is 7.60. The van der Waals surface area contributed by atoms with E-state index in [1.807, 2.05) is 12.1 Å². The Labute approximate surface area is 178 Å². The first-order valence-electron chi connectivity index (χ1n) is 10.1. The lowest BCUT2D eigenvalue weighted by atomic mass is 9.93. The molecule has 1 unspecified atom stereocenters. The van der Waals surface area contributed by atoms with Gasteiger partial charge in [-0.25, -0.2) is 0 Å². The molecular weight excluding hydrogens is 409 g/mol. The van der Waals surface area contributed by atoms with E-state index >= 15 is 0 Å². The van der Waals surface area contributed by atoms with Crippen LogP contribution in [0.3, 0.4) is 0 Å². The fourth-order valence-electron chi connectivity index (χ4n) is 3.78. The fraction of sp³-hybridized carbons (Fsp3) is 0.391. The van der Waals surface area contributed by atoms with Crippen molar-refractivity contribution in [3.63, 3.8) is 0 Å². The van der Waals surface area contributed by atoms with Gasteiger partial charge in [0.2, 0.25) is 0 Å². The van der Waals surface area contributed by atoms with Crippen molar-refractivity contribution in [3.05, 3.63) is 47.5 Å². The first-order valence-corrected chi connectivity index (χ1v) is 10.1. The zero-order valence-electron chi connectivity index (χ0n) is 16.8. The molecule has 0 saturated carbocycles. The van der Waals surface area contributed by atoms with Crippen LogP contribution in [0.15, 0.2) is 42.0 Å². The number of allylic oxidation sites excluding steroid dienone is 2. The van der Waals surface area contributed by atoms with Gasteiger partial charge in [-0.05, 0) is 53.8 Å². The average Bonchev–Trinajstić information content (AvgIpc) is 3.28. The summed E-state index contributed by atoms with van der Waals surface area (Å²) in [6, 6.07) is 11.1. The number of aliphatic hydroxyl groups excluding tert-OH is 2. The molecule has 0 amide bonds. The van der Waals surface area contributed by atoms with E-state index in [2.05, 4.69) is 4.90 Å². The number of Topliss-reactive ketones (excluding diaryl/α,β-unsaturated/α-hetero) is 1. The van der Waals surface area contributed by atoms with Gasteiger partial charge in [0.15, 0.2) is 5.78 Å². The number of benzene rings is 2. The first-order chi connectivity index (χ1) is 14.7. The van der Waals surface area contributed by atoms with Gasteiger partial charge in [0.1, 0.15) is 11.6 Å². The van der Waals surface area contributed by atoms with Crippen LogP contribution in [-0.4, -0.2) is 48.0 Å². The van der Waals surface area contributed by atoms with E-state index in [0.717, 1.165) is 37.0 Å². The lowest BCUT2D eigenvalue weighted by molar-refractivity contribution is -0.116. The fourth-order valence-corrected chi connectivity index (χ4v) is 3.78. The highest BCUT2D eigenvalue weighted by Gasteiger charge is 2.39. The van der Waals surface area contributed by atoms with E-state index < -0.39 is 42.2 Å². The molecule has 1 atom stereocenters. The van der Waals surface area contributed by atoms with Crippen molar-refractivity contribution in [2.75, 3.05) is 24.6 Å².